The molecule has 0 saturated carbocycles. The van der Waals surface area contributed by atoms with Gasteiger partial charge >= 0.3 is 0 Å². The predicted molar refractivity (Wildman–Crippen MR) is 64.1 cm³/mol. The molecule has 0 rings (SSSR count). The van der Waals surface area contributed by atoms with E-state index < -0.39 is 0 Å². The molecule has 0 saturated heterocycles. The molecule has 86 valence electrons. The minimum atomic E-state index is 0.253. The van der Waals surface area contributed by atoms with Gasteiger partial charge in [0.15, 0.2) is 0 Å². The summed E-state index contributed by atoms with van der Waals surface area (Å²) in [5, 5.41) is 0. The molecule has 0 aromatic carbocycles. The maximum absolute atomic E-state index is 6.20. The Morgan fingerprint density at radius 1 is 1.07 bits per heavy atom. The lowest BCUT2D eigenvalue weighted by Gasteiger charge is -2.35. The predicted octanol–water partition coefficient (Wildman–Crippen LogP) is 2.51. The lowest BCUT2D eigenvalue weighted by molar-refractivity contribution is 0.184. The van der Waals surface area contributed by atoms with Crippen LogP contribution in [0.1, 0.15) is 53.4 Å². The number of hydrogen-bond donors (Lipinski definition) is 2. The highest BCUT2D eigenvalue weighted by molar-refractivity contribution is 4.83. The van der Waals surface area contributed by atoms with Crippen LogP contribution in [0.25, 0.3) is 0 Å². The topological polar surface area (TPSA) is 52.0 Å². The molecule has 2 heteroatoms. The largest absolute Gasteiger partial charge is 0.330 e. The summed E-state index contributed by atoms with van der Waals surface area (Å²) in [5.41, 5.74) is 11.9. The van der Waals surface area contributed by atoms with E-state index in [2.05, 4.69) is 27.7 Å². The van der Waals surface area contributed by atoms with Crippen molar-refractivity contribution < 1.29 is 0 Å². The van der Waals surface area contributed by atoms with E-state index in [-0.39, 0.29) is 5.41 Å². The molecule has 0 aromatic rings. The van der Waals surface area contributed by atoms with Gasteiger partial charge in [0.1, 0.15) is 0 Å². The fourth-order valence-corrected chi connectivity index (χ4v) is 1.49. The minimum absolute atomic E-state index is 0.253. The van der Waals surface area contributed by atoms with Crippen LogP contribution in [0, 0.1) is 11.3 Å². The van der Waals surface area contributed by atoms with E-state index in [0.717, 1.165) is 19.4 Å². The van der Waals surface area contributed by atoms with Crippen LogP contribution >= 0.6 is 0 Å². The SMILES string of the molecule is CC(C)C(C)(C)C(N)CCCCCN. The molecule has 0 spiro atoms. The third kappa shape index (κ3) is 4.43. The molecular formula is C12H28N2. The maximum atomic E-state index is 6.20. The fourth-order valence-electron chi connectivity index (χ4n) is 1.49. The minimum Gasteiger partial charge on any atom is -0.330 e. The highest BCUT2D eigenvalue weighted by atomic mass is 14.7. The van der Waals surface area contributed by atoms with E-state index in [1.54, 1.807) is 0 Å². The molecule has 0 aliphatic heterocycles. The lowest BCUT2D eigenvalue weighted by Crippen LogP contribution is -2.40. The van der Waals surface area contributed by atoms with Crippen molar-refractivity contribution in [2.75, 3.05) is 6.54 Å². The first-order valence-corrected chi connectivity index (χ1v) is 5.88. The van der Waals surface area contributed by atoms with E-state index in [9.17, 15) is 0 Å². The van der Waals surface area contributed by atoms with Crippen molar-refractivity contribution >= 4 is 0 Å². The first kappa shape index (κ1) is 13.9. The van der Waals surface area contributed by atoms with Crippen LogP contribution in [-0.4, -0.2) is 12.6 Å². The van der Waals surface area contributed by atoms with Gasteiger partial charge in [-0.25, -0.2) is 0 Å². The summed E-state index contributed by atoms with van der Waals surface area (Å²) in [6.45, 7) is 9.85. The Balaban J connectivity index is 3.77. The monoisotopic (exact) mass is 200 g/mol. The normalized spacial score (nSPS) is 14.8. The summed E-state index contributed by atoms with van der Waals surface area (Å²) in [7, 11) is 0. The van der Waals surface area contributed by atoms with Crippen LogP contribution in [0.5, 0.6) is 0 Å². The van der Waals surface area contributed by atoms with Gasteiger partial charge in [0, 0.05) is 6.04 Å². The second-order valence-corrected chi connectivity index (χ2v) is 5.22. The molecule has 0 fully saturated rings. The molecule has 4 N–H and O–H groups in total. The second kappa shape index (κ2) is 6.41. The molecule has 0 bridgehead atoms. The third-order valence-corrected chi connectivity index (χ3v) is 3.66. The summed E-state index contributed by atoms with van der Waals surface area (Å²) >= 11 is 0. The van der Waals surface area contributed by atoms with Crippen LogP contribution in [0.2, 0.25) is 0 Å². The zero-order chi connectivity index (χ0) is 11.2. The van der Waals surface area contributed by atoms with Crippen molar-refractivity contribution in [1.29, 1.82) is 0 Å². The molecule has 1 unspecified atom stereocenters. The first-order chi connectivity index (χ1) is 6.42. The smallest absolute Gasteiger partial charge is 0.00927 e. The van der Waals surface area contributed by atoms with Gasteiger partial charge in [-0.2, -0.15) is 0 Å². The molecule has 0 amide bonds. The van der Waals surface area contributed by atoms with Crippen molar-refractivity contribution in [3.8, 4) is 0 Å². The fraction of sp³-hybridized carbons (Fsp3) is 1.00. The number of unbranched alkanes of at least 4 members (excludes halogenated alkanes) is 2. The summed E-state index contributed by atoms with van der Waals surface area (Å²) in [5.74, 6) is 0.645. The quantitative estimate of drug-likeness (QED) is 0.620. The van der Waals surface area contributed by atoms with Gasteiger partial charge in [-0.15, -0.1) is 0 Å². The lowest BCUT2D eigenvalue weighted by atomic mass is 9.73. The summed E-state index contributed by atoms with van der Waals surface area (Å²) in [6, 6.07) is 0.320. The van der Waals surface area contributed by atoms with Crippen LogP contribution < -0.4 is 11.5 Å². The third-order valence-electron chi connectivity index (χ3n) is 3.66. The van der Waals surface area contributed by atoms with Gasteiger partial charge in [-0.05, 0) is 30.7 Å². The summed E-state index contributed by atoms with van der Waals surface area (Å²) in [4.78, 5) is 0. The second-order valence-electron chi connectivity index (χ2n) is 5.22. The van der Waals surface area contributed by atoms with Crippen molar-refractivity contribution in [3.05, 3.63) is 0 Å². The Morgan fingerprint density at radius 2 is 1.64 bits per heavy atom. The number of hydrogen-bond acceptors (Lipinski definition) is 2. The molecule has 0 aliphatic rings. The highest BCUT2D eigenvalue weighted by Gasteiger charge is 2.29. The van der Waals surface area contributed by atoms with Crippen LogP contribution in [0.4, 0.5) is 0 Å². The maximum Gasteiger partial charge on any atom is 0.00927 e. The molecule has 1 atom stereocenters. The van der Waals surface area contributed by atoms with Gasteiger partial charge in [-0.3, -0.25) is 0 Å². The highest BCUT2D eigenvalue weighted by Crippen LogP contribution is 2.31. The summed E-state index contributed by atoms with van der Waals surface area (Å²) in [6.07, 6.45) is 4.70. The Hall–Kier alpha value is -0.0800. The van der Waals surface area contributed by atoms with Crippen molar-refractivity contribution in [2.24, 2.45) is 22.8 Å². The standard InChI is InChI=1S/C12H28N2/c1-10(2)12(3,4)11(14)8-6-5-7-9-13/h10-11H,5-9,13-14H2,1-4H3. The Morgan fingerprint density at radius 3 is 2.07 bits per heavy atom. The Kier molecular flexibility index (Phi) is 6.38. The first-order valence-electron chi connectivity index (χ1n) is 5.88. The zero-order valence-electron chi connectivity index (χ0n) is 10.3. The van der Waals surface area contributed by atoms with Crippen LogP contribution in [0.15, 0.2) is 0 Å². The van der Waals surface area contributed by atoms with E-state index in [0.29, 0.717) is 12.0 Å². The van der Waals surface area contributed by atoms with Gasteiger partial charge in [-0.1, -0.05) is 40.5 Å². The molecule has 0 aliphatic carbocycles. The van der Waals surface area contributed by atoms with Gasteiger partial charge in [0.05, 0.1) is 0 Å². The molecule has 0 heterocycles. The Labute approximate surface area is 89.4 Å². The van der Waals surface area contributed by atoms with E-state index in [1.807, 2.05) is 0 Å². The molecule has 14 heavy (non-hydrogen) atoms. The average molecular weight is 200 g/mol. The van der Waals surface area contributed by atoms with Crippen LogP contribution in [-0.2, 0) is 0 Å². The molecule has 2 nitrogen and oxygen atoms in total. The molecule has 0 radical (unpaired) electrons. The number of rotatable bonds is 7. The van der Waals surface area contributed by atoms with E-state index in [4.69, 9.17) is 11.5 Å². The van der Waals surface area contributed by atoms with Crippen molar-refractivity contribution in [1.82, 2.24) is 0 Å². The van der Waals surface area contributed by atoms with Crippen molar-refractivity contribution in [3.63, 3.8) is 0 Å². The van der Waals surface area contributed by atoms with Gasteiger partial charge in [0.25, 0.3) is 0 Å². The van der Waals surface area contributed by atoms with Crippen LogP contribution in [0.3, 0.4) is 0 Å². The van der Waals surface area contributed by atoms with E-state index >= 15 is 0 Å². The number of nitrogens with two attached hydrogens (primary N) is 2. The van der Waals surface area contributed by atoms with Gasteiger partial charge < -0.3 is 11.5 Å². The summed E-state index contributed by atoms with van der Waals surface area (Å²) < 4.78 is 0. The molecule has 0 aromatic heterocycles. The van der Waals surface area contributed by atoms with E-state index in [1.165, 1.54) is 12.8 Å². The molecular weight excluding hydrogens is 172 g/mol. The van der Waals surface area contributed by atoms with Gasteiger partial charge in [0.2, 0.25) is 0 Å². The Bertz CT molecular complexity index is 141. The average Bonchev–Trinajstić information content (AvgIpc) is 2.11. The zero-order valence-corrected chi connectivity index (χ0v) is 10.3. The van der Waals surface area contributed by atoms with Crippen molar-refractivity contribution in [2.45, 2.75) is 59.4 Å².